The molecule has 0 aliphatic carbocycles. The van der Waals surface area contributed by atoms with Crippen LogP contribution in [0.3, 0.4) is 0 Å². The molecule has 0 radical (unpaired) electrons. The molecule has 0 amide bonds. The minimum atomic E-state index is -0.556. The Bertz CT molecular complexity index is 1450. The Morgan fingerprint density at radius 2 is 1.88 bits per heavy atom. The van der Waals surface area contributed by atoms with E-state index in [0.29, 0.717) is 27.4 Å². The molecule has 3 aromatic carbocycles. The van der Waals surface area contributed by atoms with Gasteiger partial charge in [-0.15, -0.1) is 5.10 Å². The molecule has 0 fully saturated rings. The third-order valence-corrected chi connectivity index (χ3v) is 6.95. The van der Waals surface area contributed by atoms with Crippen LogP contribution in [-0.2, 0) is 0 Å². The van der Waals surface area contributed by atoms with E-state index in [1.54, 1.807) is 16.8 Å². The monoisotopic (exact) mass is 490 g/mol. The first kappa shape index (κ1) is 21.3. The second-order valence-electron chi connectivity index (χ2n) is 8.30. The molecule has 0 saturated heterocycles. The van der Waals surface area contributed by atoms with Crippen molar-refractivity contribution in [3.05, 3.63) is 105 Å². The molecular formula is C26H20ClFN4OS. The first-order chi connectivity index (χ1) is 16.5. The first-order valence-corrected chi connectivity index (χ1v) is 12.4. The summed E-state index contributed by atoms with van der Waals surface area (Å²) in [7, 11) is 0. The summed E-state index contributed by atoms with van der Waals surface area (Å²) < 4.78 is 23.6. The number of thioether (sulfide) groups is 1. The highest BCUT2D eigenvalue weighted by Crippen LogP contribution is 2.51. The SMILES string of the molecule is CSc1nc2n(n1)[C@H](c1ccccc1F)C1=C(N2)c2cc(Cl)ccc2O[C@@H]1c1ccc(C)cc1. The molecule has 5 nitrogen and oxygen atoms in total. The van der Waals surface area contributed by atoms with Crippen molar-refractivity contribution in [3.63, 3.8) is 0 Å². The molecule has 34 heavy (non-hydrogen) atoms. The van der Waals surface area contributed by atoms with Crippen LogP contribution in [0.1, 0.15) is 34.4 Å². The molecule has 2 aliphatic heterocycles. The Morgan fingerprint density at radius 1 is 1.09 bits per heavy atom. The third-order valence-electron chi connectivity index (χ3n) is 6.18. The van der Waals surface area contributed by atoms with E-state index in [4.69, 9.17) is 21.4 Å². The van der Waals surface area contributed by atoms with Gasteiger partial charge in [-0.1, -0.05) is 71.4 Å². The molecule has 3 heterocycles. The minimum absolute atomic E-state index is 0.312. The largest absolute Gasteiger partial charge is 0.480 e. The summed E-state index contributed by atoms with van der Waals surface area (Å²) in [5.74, 6) is 0.936. The lowest BCUT2D eigenvalue weighted by atomic mass is 9.84. The van der Waals surface area contributed by atoms with Gasteiger partial charge in [0.2, 0.25) is 11.1 Å². The third kappa shape index (κ3) is 3.38. The van der Waals surface area contributed by atoms with E-state index in [0.717, 1.165) is 28.0 Å². The predicted molar refractivity (Wildman–Crippen MR) is 133 cm³/mol. The zero-order valence-electron chi connectivity index (χ0n) is 18.4. The molecular weight excluding hydrogens is 471 g/mol. The molecule has 0 unspecified atom stereocenters. The fraction of sp³-hybridized carbons (Fsp3) is 0.154. The fourth-order valence-corrected chi connectivity index (χ4v) is 5.10. The Morgan fingerprint density at radius 3 is 2.65 bits per heavy atom. The summed E-state index contributed by atoms with van der Waals surface area (Å²) in [6.07, 6.45) is 1.46. The van der Waals surface area contributed by atoms with Crippen LogP contribution in [0, 0.1) is 12.7 Å². The molecule has 0 bridgehead atoms. The summed E-state index contributed by atoms with van der Waals surface area (Å²) in [6, 6.07) is 20.0. The second-order valence-corrected chi connectivity index (χ2v) is 9.50. The van der Waals surface area contributed by atoms with E-state index in [-0.39, 0.29) is 5.82 Å². The van der Waals surface area contributed by atoms with Crippen molar-refractivity contribution in [2.75, 3.05) is 11.6 Å². The number of aryl methyl sites for hydroxylation is 1. The number of rotatable bonds is 3. The van der Waals surface area contributed by atoms with Gasteiger partial charge in [0.25, 0.3) is 0 Å². The number of benzene rings is 3. The number of hydrogen-bond donors (Lipinski definition) is 1. The van der Waals surface area contributed by atoms with E-state index >= 15 is 4.39 Å². The van der Waals surface area contributed by atoms with Crippen LogP contribution in [0.5, 0.6) is 5.75 Å². The van der Waals surface area contributed by atoms with Gasteiger partial charge in [-0.25, -0.2) is 9.07 Å². The minimum Gasteiger partial charge on any atom is -0.480 e. The van der Waals surface area contributed by atoms with Gasteiger partial charge in [0, 0.05) is 21.7 Å². The van der Waals surface area contributed by atoms with Crippen molar-refractivity contribution in [2.45, 2.75) is 24.2 Å². The van der Waals surface area contributed by atoms with Crippen LogP contribution >= 0.6 is 23.4 Å². The van der Waals surface area contributed by atoms with E-state index in [1.165, 1.54) is 17.8 Å². The van der Waals surface area contributed by atoms with Gasteiger partial charge in [0.1, 0.15) is 23.7 Å². The molecule has 2 atom stereocenters. The summed E-state index contributed by atoms with van der Waals surface area (Å²) in [5, 5.41) is 9.35. The second kappa shape index (κ2) is 8.18. The summed E-state index contributed by atoms with van der Waals surface area (Å²) in [6.45, 7) is 2.05. The van der Waals surface area contributed by atoms with Crippen molar-refractivity contribution in [2.24, 2.45) is 0 Å². The molecule has 6 rings (SSSR count). The van der Waals surface area contributed by atoms with Crippen molar-refractivity contribution >= 4 is 35.0 Å². The van der Waals surface area contributed by atoms with Gasteiger partial charge >= 0.3 is 0 Å². The Hall–Kier alpha value is -3.29. The molecule has 1 N–H and O–H groups in total. The molecule has 2 aliphatic rings. The maximum atomic E-state index is 15.3. The zero-order chi connectivity index (χ0) is 23.4. The summed E-state index contributed by atoms with van der Waals surface area (Å²) in [5.41, 5.74) is 5.10. The van der Waals surface area contributed by atoms with E-state index in [1.807, 2.05) is 49.6 Å². The smallest absolute Gasteiger partial charge is 0.227 e. The van der Waals surface area contributed by atoms with Crippen LogP contribution in [-0.4, -0.2) is 21.0 Å². The van der Waals surface area contributed by atoms with Crippen LogP contribution < -0.4 is 10.1 Å². The lowest BCUT2D eigenvalue weighted by Gasteiger charge is -2.39. The Kier molecular flexibility index (Phi) is 5.12. The average molecular weight is 491 g/mol. The number of aromatic nitrogens is 3. The molecule has 4 aromatic rings. The highest BCUT2D eigenvalue weighted by molar-refractivity contribution is 7.98. The lowest BCUT2D eigenvalue weighted by Crippen LogP contribution is -2.32. The lowest BCUT2D eigenvalue weighted by molar-refractivity contribution is 0.222. The van der Waals surface area contributed by atoms with Gasteiger partial charge in [-0.2, -0.15) is 4.98 Å². The number of anilines is 1. The quantitative estimate of drug-likeness (QED) is 0.325. The Labute approximate surface area is 205 Å². The standard InChI is InChI=1S/C26H20ClFN4OS/c1-14-7-9-15(10-8-14)24-21-22(18-13-16(27)11-12-20(18)33-24)29-25-30-26(34-2)31-32(25)23(21)17-5-3-4-6-19(17)28/h3-13,23-24H,1-2H3,(H,29,30,31)/t23-,24-/m1/s1. The maximum Gasteiger partial charge on any atom is 0.227 e. The van der Waals surface area contributed by atoms with Gasteiger partial charge in [0.15, 0.2) is 0 Å². The summed E-state index contributed by atoms with van der Waals surface area (Å²) >= 11 is 7.82. The van der Waals surface area contributed by atoms with Crippen LogP contribution in [0.2, 0.25) is 5.02 Å². The van der Waals surface area contributed by atoms with Gasteiger partial charge < -0.3 is 10.1 Å². The van der Waals surface area contributed by atoms with Crippen molar-refractivity contribution < 1.29 is 9.13 Å². The number of ether oxygens (including phenoxy) is 1. The highest BCUT2D eigenvalue weighted by Gasteiger charge is 2.42. The maximum absolute atomic E-state index is 15.3. The van der Waals surface area contributed by atoms with Crippen LogP contribution in [0.15, 0.2) is 77.5 Å². The van der Waals surface area contributed by atoms with Crippen LogP contribution in [0.25, 0.3) is 5.70 Å². The summed E-state index contributed by atoms with van der Waals surface area (Å²) in [4.78, 5) is 4.64. The van der Waals surface area contributed by atoms with Crippen LogP contribution in [0.4, 0.5) is 10.3 Å². The van der Waals surface area contributed by atoms with E-state index in [2.05, 4.69) is 22.4 Å². The average Bonchev–Trinajstić information content (AvgIpc) is 3.26. The zero-order valence-corrected chi connectivity index (χ0v) is 20.0. The highest BCUT2D eigenvalue weighted by atomic mass is 35.5. The molecule has 1 aromatic heterocycles. The van der Waals surface area contributed by atoms with E-state index in [9.17, 15) is 0 Å². The van der Waals surface area contributed by atoms with Gasteiger partial charge in [-0.3, -0.25) is 0 Å². The molecule has 0 spiro atoms. The number of halogens is 2. The van der Waals surface area contributed by atoms with E-state index < -0.39 is 12.1 Å². The number of nitrogens with zero attached hydrogens (tertiary/aromatic N) is 3. The topological polar surface area (TPSA) is 52.0 Å². The number of nitrogens with one attached hydrogen (secondary N) is 1. The normalized spacial score (nSPS) is 18.5. The molecule has 8 heteroatoms. The molecule has 0 saturated carbocycles. The van der Waals surface area contributed by atoms with Gasteiger partial charge in [0.05, 0.1) is 5.70 Å². The van der Waals surface area contributed by atoms with Crippen molar-refractivity contribution in [1.82, 2.24) is 14.8 Å². The van der Waals surface area contributed by atoms with Crippen molar-refractivity contribution in [1.29, 1.82) is 0 Å². The first-order valence-electron chi connectivity index (χ1n) is 10.8. The fourth-order valence-electron chi connectivity index (χ4n) is 4.58. The van der Waals surface area contributed by atoms with Gasteiger partial charge in [-0.05, 0) is 43.0 Å². The van der Waals surface area contributed by atoms with Crippen molar-refractivity contribution in [3.8, 4) is 5.75 Å². The number of fused-ring (bicyclic) bond motifs is 3. The predicted octanol–water partition coefficient (Wildman–Crippen LogP) is 6.66. The Balaban J connectivity index is 1.66. The molecule has 170 valence electrons. The number of hydrogen-bond acceptors (Lipinski definition) is 5.